The zero-order valence-electron chi connectivity index (χ0n) is 17.9. The van der Waals surface area contributed by atoms with Crippen molar-refractivity contribution in [3.63, 3.8) is 0 Å². The number of hydrogen-bond acceptors (Lipinski definition) is 10. The molecule has 0 radical (unpaired) electrons. The number of anilines is 2. The summed E-state index contributed by atoms with van der Waals surface area (Å²) in [7, 11) is 0. The van der Waals surface area contributed by atoms with Crippen molar-refractivity contribution in [1.29, 1.82) is 0 Å². The minimum atomic E-state index is -4.87. The molecule has 1 aliphatic heterocycles. The first-order valence-electron chi connectivity index (χ1n) is 10.2. The van der Waals surface area contributed by atoms with Crippen LogP contribution >= 0.6 is 0 Å². The van der Waals surface area contributed by atoms with E-state index in [4.69, 9.17) is 10.2 Å². The number of aryl methyl sites for hydroxylation is 1. The van der Waals surface area contributed by atoms with Gasteiger partial charge >= 0.3 is 12.1 Å². The summed E-state index contributed by atoms with van der Waals surface area (Å²) in [5.74, 6) is -2.94. The molecule has 0 saturated carbocycles. The highest BCUT2D eigenvalue weighted by Crippen LogP contribution is 2.45. The highest BCUT2D eigenvalue weighted by Gasteiger charge is 2.53. The second-order valence-electron chi connectivity index (χ2n) is 7.85. The van der Waals surface area contributed by atoms with Gasteiger partial charge in [-0.1, -0.05) is 13.3 Å². The van der Waals surface area contributed by atoms with Crippen LogP contribution in [-0.2, 0) is 22.8 Å². The van der Waals surface area contributed by atoms with Crippen molar-refractivity contribution in [2.24, 2.45) is 0 Å². The lowest BCUT2D eigenvalue weighted by atomic mass is 9.84. The fourth-order valence-electron chi connectivity index (χ4n) is 3.78. The average Bonchev–Trinajstić information content (AvgIpc) is 3.50. The summed E-state index contributed by atoms with van der Waals surface area (Å²) in [6.07, 6.45) is 0.588. The highest BCUT2D eigenvalue weighted by atomic mass is 19.4. The Balaban J connectivity index is 1.61. The topological polar surface area (TPSA) is 163 Å². The number of hydrogen-bond donors (Lipinski definition) is 2. The highest BCUT2D eigenvalue weighted by molar-refractivity contribution is 6.08. The zero-order valence-corrected chi connectivity index (χ0v) is 17.9. The Morgan fingerprint density at radius 1 is 1.24 bits per heavy atom. The van der Waals surface area contributed by atoms with Gasteiger partial charge in [-0.2, -0.15) is 18.3 Å². The number of carbonyl (C=O) groups excluding carboxylic acids is 1. The third-order valence-electron chi connectivity index (χ3n) is 5.55. The fraction of sp³-hybridized carbons (Fsp3) is 0.368. The van der Waals surface area contributed by atoms with Crippen LogP contribution in [0.2, 0.25) is 0 Å². The number of alkyl halides is 3. The Bertz CT molecular complexity index is 1430. The molecule has 1 aliphatic rings. The van der Waals surface area contributed by atoms with Crippen LogP contribution in [0.1, 0.15) is 49.7 Å². The summed E-state index contributed by atoms with van der Waals surface area (Å²) in [5.41, 5.74) is 6.02. The fourth-order valence-corrected chi connectivity index (χ4v) is 3.78. The third-order valence-corrected chi connectivity index (χ3v) is 5.55. The van der Waals surface area contributed by atoms with Gasteiger partial charge in [0.05, 0.1) is 17.5 Å². The van der Waals surface area contributed by atoms with E-state index in [-0.39, 0.29) is 23.0 Å². The van der Waals surface area contributed by atoms with E-state index in [1.165, 1.54) is 13.3 Å². The Morgan fingerprint density at radius 3 is 2.74 bits per heavy atom. The summed E-state index contributed by atoms with van der Waals surface area (Å²) in [4.78, 5) is 30.3. The molecule has 1 amide bonds. The minimum Gasteiger partial charge on any atom is -0.416 e. The van der Waals surface area contributed by atoms with Gasteiger partial charge in [0, 0.05) is 0 Å². The zero-order chi connectivity index (χ0) is 24.3. The second-order valence-corrected chi connectivity index (χ2v) is 7.85. The summed E-state index contributed by atoms with van der Waals surface area (Å²) < 4.78 is 45.2. The van der Waals surface area contributed by atoms with Crippen molar-refractivity contribution in [3.05, 3.63) is 35.6 Å². The first-order valence-corrected chi connectivity index (χ1v) is 10.2. The predicted octanol–water partition coefficient (Wildman–Crippen LogP) is 2.17. The molecule has 3 N–H and O–H groups in total. The van der Waals surface area contributed by atoms with Crippen LogP contribution in [0.5, 0.6) is 0 Å². The largest absolute Gasteiger partial charge is 0.470 e. The molecule has 0 bridgehead atoms. The van der Waals surface area contributed by atoms with E-state index in [0.717, 1.165) is 12.8 Å². The van der Waals surface area contributed by atoms with Crippen LogP contribution in [0.15, 0.2) is 16.9 Å². The molecule has 5 heterocycles. The number of halogens is 3. The van der Waals surface area contributed by atoms with Gasteiger partial charge in [-0.25, -0.2) is 24.5 Å². The lowest BCUT2D eigenvalue weighted by molar-refractivity contribution is -0.158. The van der Waals surface area contributed by atoms with Crippen LogP contribution in [0.4, 0.5) is 24.8 Å². The van der Waals surface area contributed by atoms with E-state index < -0.39 is 29.3 Å². The SMILES string of the molecule is CCCCc1nc(-c2nc(N)c3c(n2)NC(=O)C3(C)c2nnc(C(F)(F)F)o2)cn2ncnc12. The maximum atomic E-state index is 13.0. The van der Waals surface area contributed by atoms with Crippen molar-refractivity contribution < 1.29 is 22.4 Å². The summed E-state index contributed by atoms with van der Waals surface area (Å²) in [6.45, 7) is 3.36. The first-order chi connectivity index (χ1) is 16.1. The van der Waals surface area contributed by atoms with Gasteiger partial charge in [-0.3, -0.25) is 4.79 Å². The number of unbranched alkanes of at least 4 members (excludes halogenated alkanes) is 1. The molecule has 5 rings (SSSR count). The van der Waals surface area contributed by atoms with Crippen LogP contribution in [0, 0.1) is 0 Å². The standard InChI is InChI=1S/C19H17F3N10O2/c1-3-4-5-8-14-24-7-25-32(14)6-9(26-8)12-27-11(23)10-13(28-12)29-15(33)18(10,2)16-30-31-17(34-16)19(20,21)22/h6-7H,3-5H2,1-2H3,(H3,23,27,28,29,33). The first kappa shape index (κ1) is 21.7. The Hall–Kier alpha value is -4.17. The van der Waals surface area contributed by atoms with Gasteiger partial charge in [-0.05, 0) is 19.8 Å². The number of nitrogens with one attached hydrogen (secondary N) is 1. The molecule has 4 aromatic rings. The second kappa shape index (κ2) is 7.43. The van der Waals surface area contributed by atoms with E-state index in [2.05, 4.69) is 47.5 Å². The van der Waals surface area contributed by atoms with E-state index in [1.54, 1.807) is 10.7 Å². The van der Waals surface area contributed by atoms with Crippen molar-refractivity contribution >= 4 is 23.2 Å². The van der Waals surface area contributed by atoms with Crippen LogP contribution < -0.4 is 11.1 Å². The van der Waals surface area contributed by atoms with E-state index >= 15 is 0 Å². The lowest BCUT2D eigenvalue weighted by Gasteiger charge is -2.18. The van der Waals surface area contributed by atoms with Gasteiger partial charge in [0.15, 0.2) is 16.9 Å². The molecule has 4 aromatic heterocycles. The quantitative estimate of drug-likeness (QED) is 0.438. The summed E-state index contributed by atoms with van der Waals surface area (Å²) >= 11 is 0. The number of fused-ring (bicyclic) bond motifs is 2. The number of nitrogens with two attached hydrogens (primary N) is 1. The van der Waals surface area contributed by atoms with Crippen molar-refractivity contribution in [2.75, 3.05) is 11.1 Å². The summed E-state index contributed by atoms with van der Waals surface area (Å²) in [6, 6.07) is 0. The Labute approximate surface area is 188 Å². The van der Waals surface area contributed by atoms with Crippen molar-refractivity contribution in [1.82, 2.24) is 39.7 Å². The molecular formula is C19H17F3N10O2. The molecular weight excluding hydrogens is 457 g/mol. The van der Waals surface area contributed by atoms with Gasteiger partial charge in [0.25, 0.3) is 0 Å². The molecule has 1 unspecified atom stereocenters. The molecule has 15 heteroatoms. The van der Waals surface area contributed by atoms with Crippen LogP contribution in [-0.4, -0.2) is 45.7 Å². The summed E-state index contributed by atoms with van der Waals surface area (Å²) in [5, 5.41) is 13.1. The van der Waals surface area contributed by atoms with Gasteiger partial charge < -0.3 is 15.5 Å². The molecule has 0 spiro atoms. The molecule has 0 fully saturated rings. The van der Waals surface area contributed by atoms with Crippen LogP contribution in [0.25, 0.3) is 17.2 Å². The Morgan fingerprint density at radius 2 is 2.03 bits per heavy atom. The van der Waals surface area contributed by atoms with E-state index in [9.17, 15) is 18.0 Å². The van der Waals surface area contributed by atoms with Gasteiger partial charge in [-0.15, -0.1) is 10.2 Å². The Kier molecular flexibility index (Phi) is 4.73. The number of aromatic nitrogens is 8. The van der Waals surface area contributed by atoms with Gasteiger partial charge in [0.2, 0.25) is 11.8 Å². The van der Waals surface area contributed by atoms with Crippen LogP contribution in [0.3, 0.4) is 0 Å². The molecule has 34 heavy (non-hydrogen) atoms. The lowest BCUT2D eigenvalue weighted by Crippen LogP contribution is -2.33. The average molecular weight is 474 g/mol. The number of amides is 1. The number of nitrogen functional groups attached to an aromatic ring is 1. The van der Waals surface area contributed by atoms with Crippen molar-refractivity contribution in [3.8, 4) is 11.5 Å². The molecule has 0 aliphatic carbocycles. The third kappa shape index (κ3) is 3.22. The van der Waals surface area contributed by atoms with E-state index in [1.807, 2.05) is 0 Å². The maximum absolute atomic E-state index is 13.0. The number of nitrogens with zero attached hydrogens (tertiary/aromatic N) is 8. The molecule has 0 saturated heterocycles. The molecule has 1 atom stereocenters. The van der Waals surface area contributed by atoms with E-state index in [0.29, 0.717) is 23.5 Å². The number of rotatable bonds is 5. The number of carbonyl (C=O) groups is 1. The minimum absolute atomic E-state index is 0.0114. The predicted molar refractivity (Wildman–Crippen MR) is 109 cm³/mol. The smallest absolute Gasteiger partial charge is 0.416 e. The monoisotopic (exact) mass is 474 g/mol. The van der Waals surface area contributed by atoms with Crippen molar-refractivity contribution in [2.45, 2.75) is 44.7 Å². The molecule has 12 nitrogen and oxygen atoms in total. The molecule has 0 aromatic carbocycles. The molecule has 176 valence electrons. The maximum Gasteiger partial charge on any atom is 0.470 e. The van der Waals surface area contributed by atoms with Gasteiger partial charge in [0.1, 0.15) is 23.7 Å². The normalized spacial score (nSPS) is 17.9.